The van der Waals surface area contributed by atoms with Crippen LogP contribution in [0.2, 0.25) is 0 Å². The summed E-state index contributed by atoms with van der Waals surface area (Å²) in [5.41, 5.74) is 1.45. The van der Waals surface area contributed by atoms with E-state index in [0.717, 1.165) is 9.87 Å². The molecule has 7 nitrogen and oxygen atoms in total. The van der Waals surface area contributed by atoms with E-state index in [1.165, 1.54) is 13.2 Å². The average molecular weight is 327 g/mol. The summed E-state index contributed by atoms with van der Waals surface area (Å²) in [6.45, 7) is 0.645. The van der Waals surface area contributed by atoms with Crippen molar-refractivity contribution >= 4 is 16.0 Å². The number of methoxy groups -OCH3 is 1. The molecule has 8 heteroatoms. The molecule has 1 N–H and O–H groups in total. The lowest BCUT2D eigenvalue weighted by molar-refractivity contribution is -0.140. The summed E-state index contributed by atoms with van der Waals surface area (Å²) in [7, 11) is -2.46. The summed E-state index contributed by atoms with van der Waals surface area (Å²) in [6.07, 6.45) is -0.264. The maximum Gasteiger partial charge on any atom is 0.322 e. The lowest BCUT2D eigenvalue weighted by Gasteiger charge is -2.22. The maximum absolute atomic E-state index is 12.9. The summed E-state index contributed by atoms with van der Waals surface area (Å²) < 4.78 is 37.3. The molecule has 3 rings (SSSR count). The third kappa shape index (κ3) is 2.41. The summed E-state index contributed by atoms with van der Waals surface area (Å²) in [6, 6.07) is 3.87. The summed E-state index contributed by atoms with van der Waals surface area (Å²) in [5.74, 6) is -1.16. The molecule has 0 amide bonds. The van der Waals surface area contributed by atoms with Gasteiger partial charge in [-0.15, -0.1) is 0 Å². The Labute approximate surface area is 128 Å². The molecular weight excluding hydrogens is 310 g/mol. The van der Waals surface area contributed by atoms with Gasteiger partial charge in [-0.1, -0.05) is 12.1 Å². The second-order valence-electron chi connectivity index (χ2n) is 5.41. The predicted molar refractivity (Wildman–Crippen MR) is 75.7 cm³/mol. The number of hydrogen-bond acceptors (Lipinski definition) is 5. The Hall–Kier alpha value is -1.48. The Bertz CT molecular complexity index is 701. The van der Waals surface area contributed by atoms with Gasteiger partial charge in [-0.05, 0) is 11.6 Å². The van der Waals surface area contributed by atoms with Gasteiger partial charge in [0.05, 0.1) is 24.2 Å². The minimum Gasteiger partial charge on any atom is -0.480 e. The van der Waals surface area contributed by atoms with Crippen molar-refractivity contribution in [2.24, 2.45) is 0 Å². The fraction of sp³-hybridized carbons (Fsp3) is 0.500. The van der Waals surface area contributed by atoms with Crippen molar-refractivity contribution in [1.82, 2.24) is 4.31 Å². The molecule has 120 valence electrons. The van der Waals surface area contributed by atoms with Gasteiger partial charge in [-0.3, -0.25) is 4.79 Å². The number of nitrogens with zero attached hydrogens (tertiary/aromatic N) is 1. The molecule has 1 saturated heterocycles. The second-order valence-corrected chi connectivity index (χ2v) is 7.27. The first-order valence-corrected chi connectivity index (χ1v) is 8.35. The van der Waals surface area contributed by atoms with Crippen LogP contribution in [-0.2, 0) is 37.5 Å². The van der Waals surface area contributed by atoms with E-state index in [0.29, 0.717) is 12.2 Å². The smallest absolute Gasteiger partial charge is 0.322 e. The van der Waals surface area contributed by atoms with Gasteiger partial charge in [0.1, 0.15) is 6.04 Å². The van der Waals surface area contributed by atoms with Crippen LogP contribution in [0.3, 0.4) is 0 Å². The highest BCUT2D eigenvalue weighted by molar-refractivity contribution is 7.89. The number of rotatable bonds is 4. The van der Waals surface area contributed by atoms with Crippen molar-refractivity contribution in [2.75, 3.05) is 13.7 Å². The van der Waals surface area contributed by atoms with Gasteiger partial charge in [-0.25, -0.2) is 8.42 Å². The first kappa shape index (κ1) is 15.4. The second kappa shape index (κ2) is 5.62. The molecular formula is C14H17NO6S. The predicted octanol–water partition coefficient (Wildman–Crippen LogP) is 0.579. The van der Waals surface area contributed by atoms with E-state index in [-0.39, 0.29) is 24.5 Å². The van der Waals surface area contributed by atoms with E-state index < -0.39 is 28.1 Å². The van der Waals surface area contributed by atoms with Crippen LogP contribution in [0, 0.1) is 0 Å². The number of aliphatic carboxylic acids is 1. The van der Waals surface area contributed by atoms with Crippen LogP contribution in [0.5, 0.6) is 0 Å². The SMILES string of the molecule is CO[C@H]1C[C@@H](C(=O)O)N(S(=O)(=O)c2cccc3c2COC3)C1. The Morgan fingerprint density at radius 3 is 2.86 bits per heavy atom. The van der Waals surface area contributed by atoms with Crippen molar-refractivity contribution in [2.45, 2.75) is 36.7 Å². The molecule has 0 spiro atoms. The number of ether oxygens (including phenoxy) is 2. The zero-order valence-corrected chi connectivity index (χ0v) is 12.9. The Morgan fingerprint density at radius 2 is 2.18 bits per heavy atom. The molecule has 1 fully saturated rings. The quantitative estimate of drug-likeness (QED) is 0.869. The molecule has 0 aromatic heterocycles. The Kier molecular flexibility index (Phi) is 3.94. The molecule has 2 heterocycles. The molecule has 0 unspecified atom stereocenters. The normalized spacial score (nSPS) is 25.3. The van der Waals surface area contributed by atoms with Crippen LogP contribution < -0.4 is 0 Å². The Balaban J connectivity index is 2.03. The van der Waals surface area contributed by atoms with E-state index in [9.17, 15) is 18.3 Å². The molecule has 0 bridgehead atoms. The summed E-state index contributed by atoms with van der Waals surface area (Å²) in [4.78, 5) is 11.5. The fourth-order valence-electron chi connectivity index (χ4n) is 2.97. The molecule has 1 aromatic rings. The number of carboxylic acids is 1. The van der Waals surface area contributed by atoms with Gasteiger partial charge in [-0.2, -0.15) is 4.31 Å². The summed E-state index contributed by atoms with van der Waals surface area (Å²) >= 11 is 0. The molecule has 0 radical (unpaired) electrons. The largest absolute Gasteiger partial charge is 0.480 e. The highest BCUT2D eigenvalue weighted by Gasteiger charge is 2.45. The Morgan fingerprint density at radius 1 is 1.41 bits per heavy atom. The van der Waals surface area contributed by atoms with Crippen molar-refractivity contribution in [3.05, 3.63) is 29.3 Å². The molecule has 2 aliphatic rings. The zero-order chi connectivity index (χ0) is 15.9. The molecule has 0 saturated carbocycles. The van der Waals surface area contributed by atoms with Gasteiger partial charge >= 0.3 is 5.97 Å². The van der Waals surface area contributed by atoms with Gasteiger partial charge in [0.15, 0.2) is 0 Å². The number of carbonyl (C=O) groups is 1. The fourth-order valence-corrected chi connectivity index (χ4v) is 4.85. The zero-order valence-electron chi connectivity index (χ0n) is 12.1. The van der Waals surface area contributed by atoms with Crippen LogP contribution in [0.1, 0.15) is 17.5 Å². The minimum absolute atomic E-state index is 0.0420. The summed E-state index contributed by atoms with van der Waals surface area (Å²) in [5, 5.41) is 9.31. The van der Waals surface area contributed by atoms with Crippen molar-refractivity contribution < 1.29 is 27.8 Å². The number of benzene rings is 1. The van der Waals surface area contributed by atoms with Crippen LogP contribution in [0.25, 0.3) is 0 Å². The molecule has 1 aromatic carbocycles. The van der Waals surface area contributed by atoms with E-state index >= 15 is 0 Å². The number of fused-ring (bicyclic) bond motifs is 1. The van der Waals surface area contributed by atoms with Gasteiger partial charge in [0.2, 0.25) is 10.0 Å². The first-order chi connectivity index (χ1) is 10.4. The van der Waals surface area contributed by atoms with E-state index in [2.05, 4.69) is 0 Å². The van der Waals surface area contributed by atoms with Crippen molar-refractivity contribution in [3.8, 4) is 0 Å². The molecule has 0 aliphatic carbocycles. The van der Waals surface area contributed by atoms with Gasteiger partial charge < -0.3 is 14.6 Å². The molecule has 2 atom stereocenters. The first-order valence-electron chi connectivity index (χ1n) is 6.91. The highest BCUT2D eigenvalue weighted by atomic mass is 32.2. The maximum atomic E-state index is 12.9. The highest BCUT2D eigenvalue weighted by Crippen LogP contribution is 2.33. The van der Waals surface area contributed by atoms with E-state index in [1.54, 1.807) is 6.07 Å². The lowest BCUT2D eigenvalue weighted by atomic mass is 10.1. The minimum atomic E-state index is -3.91. The van der Waals surface area contributed by atoms with Crippen molar-refractivity contribution in [1.29, 1.82) is 0 Å². The van der Waals surface area contributed by atoms with Crippen LogP contribution in [0.15, 0.2) is 23.1 Å². The van der Waals surface area contributed by atoms with Crippen molar-refractivity contribution in [3.63, 3.8) is 0 Å². The van der Waals surface area contributed by atoms with Crippen LogP contribution in [-0.4, -0.2) is 49.6 Å². The van der Waals surface area contributed by atoms with Gasteiger partial charge in [0.25, 0.3) is 0 Å². The topological polar surface area (TPSA) is 93.1 Å². The molecule has 2 aliphatic heterocycles. The van der Waals surface area contributed by atoms with E-state index in [4.69, 9.17) is 9.47 Å². The van der Waals surface area contributed by atoms with Crippen LogP contribution >= 0.6 is 0 Å². The van der Waals surface area contributed by atoms with E-state index in [1.807, 2.05) is 6.07 Å². The van der Waals surface area contributed by atoms with Gasteiger partial charge in [0, 0.05) is 25.6 Å². The standard InChI is InChI=1S/C14H17NO6S/c1-20-10-5-12(14(16)17)15(6-10)22(18,19)13-4-2-3-9-7-21-8-11(9)13/h2-4,10,12H,5-8H2,1H3,(H,16,17)/t10-,12-/m0/s1. The average Bonchev–Trinajstić information content (AvgIpc) is 3.13. The monoisotopic (exact) mass is 327 g/mol. The third-order valence-electron chi connectivity index (χ3n) is 4.16. The number of carboxylic acid groups (broad SMARTS) is 1. The lowest BCUT2D eigenvalue weighted by Crippen LogP contribution is -2.40. The third-order valence-corrected chi connectivity index (χ3v) is 6.12. The molecule has 22 heavy (non-hydrogen) atoms. The van der Waals surface area contributed by atoms with Crippen LogP contribution in [0.4, 0.5) is 0 Å². The number of sulfonamides is 1. The number of hydrogen-bond donors (Lipinski definition) is 1.